The quantitative estimate of drug-likeness (QED) is 0.168. The van der Waals surface area contributed by atoms with Gasteiger partial charge in [-0.1, -0.05) is 0 Å². The lowest BCUT2D eigenvalue weighted by Crippen LogP contribution is -2.48. The summed E-state index contributed by atoms with van der Waals surface area (Å²) >= 11 is 0. The number of carbonyl (C=O) groups excluding carboxylic acids is 2. The Hall–Kier alpha value is -3.70. The van der Waals surface area contributed by atoms with E-state index in [0.29, 0.717) is 0 Å². The SMILES string of the molecule is COC(=O)N[C@@H](CNC(=O)c1ccc(OCCN=C(N)N)cc1O)C(=O)O. The summed E-state index contributed by atoms with van der Waals surface area (Å²) in [7, 11) is 1.08. The minimum Gasteiger partial charge on any atom is -0.507 e. The number of hydrogen-bond acceptors (Lipinski definition) is 7. The molecular weight excluding hydrogens is 362 g/mol. The summed E-state index contributed by atoms with van der Waals surface area (Å²) in [4.78, 5) is 38.0. The number of benzene rings is 1. The van der Waals surface area contributed by atoms with Gasteiger partial charge in [0.05, 0.1) is 19.2 Å². The van der Waals surface area contributed by atoms with Crippen LogP contribution in [0.1, 0.15) is 10.4 Å². The Balaban J connectivity index is 2.65. The van der Waals surface area contributed by atoms with Gasteiger partial charge in [0.2, 0.25) is 0 Å². The lowest BCUT2D eigenvalue weighted by atomic mass is 10.1. The van der Waals surface area contributed by atoms with Crippen molar-refractivity contribution in [1.29, 1.82) is 0 Å². The summed E-state index contributed by atoms with van der Waals surface area (Å²) in [5, 5.41) is 23.3. The van der Waals surface area contributed by atoms with Crippen LogP contribution in [0.2, 0.25) is 0 Å². The molecule has 0 heterocycles. The molecule has 12 nitrogen and oxygen atoms in total. The Morgan fingerprint density at radius 2 is 2.00 bits per heavy atom. The number of aliphatic carboxylic acids is 1. The summed E-state index contributed by atoms with van der Waals surface area (Å²) in [6, 6.07) is 2.54. The number of carbonyl (C=O) groups is 3. The molecule has 0 saturated heterocycles. The Kier molecular flexibility index (Phi) is 8.16. The summed E-state index contributed by atoms with van der Waals surface area (Å²) < 4.78 is 9.61. The molecule has 1 rings (SSSR count). The van der Waals surface area contributed by atoms with Gasteiger partial charge >= 0.3 is 12.1 Å². The number of nitrogens with two attached hydrogens (primary N) is 2. The standard InChI is InChI=1S/C15H21N5O7/c1-26-15(25)20-10(13(23)24)7-19-12(22)9-3-2-8(6-11(9)21)27-5-4-18-14(16)17/h2-3,6,10,21H,4-5,7H2,1H3,(H,19,22)(H,20,25)(H,23,24)(H4,16,17,18)/t10-/m0/s1. The van der Waals surface area contributed by atoms with Crippen LogP contribution < -0.4 is 26.8 Å². The molecule has 0 saturated carbocycles. The Bertz CT molecular complexity index is 719. The molecule has 12 heteroatoms. The molecule has 1 aromatic carbocycles. The molecule has 0 radical (unpaired) electrons. The lowest BCUT2D eigenvalue weighted by Gasteiger charge is -2.15. The van der Waals surface area contributed by atoms with E-state index in [4.69, 9.17) is 21.3 Å². The second kappa shape index (κ2) is 10.3. The molecule has 0 spiro atoms. The van der Waals surface area contributed by atoms with Crippen LogP contribution in [0.25, 0.3) is 0 Å². The van der Waals surface area contributed by atoms with Crippen LogP contribution in [0, 0.1) is 0 Å². The van der Waals surface area contributed by atoms with E-state index < -0.39 is 30.6 Å². The van der Waals surface area contributed by atoms with Crippen LogP contribution in [0.15, 0.2) is 23.2 Å². The number of alkyl carbamates (subject to hydrolysis) is 1. The van der Waals surface area contributed by atoms with E-state index in [-0.39, 0.29) is 36.2 Å². The number of carboxylic acids is 1. The van der Waals surface area contributed by atoms with Crippen molar-refractivity contribution < 1.29 is 34.1 Å². The molecule has 8 N–H and O–H groups in total. The highest BCUT2D eigenvalue weighted by molar-refractivity contribution is 5.97. The Labute approximate surface area is 154 Å². The number of hydrogen-bond donors (Lipinski definition) is 6. The second-order valence-electron chi connectivity index (χ2n) is 5.07. The summed E-state index contributed by atoms with van der Waals surface area (Å²) in [5.74, 6) is -2.27. The van der Waals surface area contributed by atoms with Gasteiger partial charge in [-0.15, -0.1) is 0 Å². The number of phenols is 1. The first kappa shape index (κ1) is 21.3. The Morgan fingerprint density at radius 1 is 1.30 bits per heavy atom. The van der Waals surface area contributed by atoms with Crippen molar-refractivity contribution >= 4 is 23.9 Å². The first-order valence-corrected chi connectivity index (χ1v) is 7.61. The smallest absolute Gasteiger partial charge is 0.407 e. The van der Waals surface area contributed by atoms with E-state index in [2.05, 4.69) is 15.0 Å². The zero-order valence-electron chi connectivity index (χ0n) is 14.5. The average Bonchev–Trinajstić information content (AvgIpc) is 2.61. The van der Waals surface area contributed by atoms with E-state index in [9.17, 15) is 19.5 Å². The van der Waals surface area contributed by atoms with Gasteiger partial charge in [-0.25, -0.2) is 9.59 Å². The predicted molar refractivity (Wildman–Crippen MR) is 93.6 cm³/mol. The van der Waals surface area contributed by atoms with Crippen molar-refractivity contribution in [3.05, 3.63) is 23.8 Å². The lowest BCUT2D eigenvalue weighted by molar-refractivity contribution is -0.139. The molecule has 1 atom stereocenters. The van der Waals surface area contributed by atoms with E-state index in [1.807, 2.05) is 5.32 Å². The van der Waals surface area contributed by atoms with Crippen LogP contribution in [0.4, 0.5) is 4.79 Å². The number of phenolic OH excluding ortho intramolecular Hbond substituents is 1. The van der Waals surface area contributed by atoms with Gasteiger partial charge in [-0.05, 0) is 12.1 Å². The first-order valence-electron chi connectivity index (χ1n) is 7.61. The molecule has 0 fully saturated rings. The molecule has 0 bridgehead atoms. The van der Waals surface area contributed by atoms with Gasteiger partial charge in [0.15, 0.2) is 5.96 Å². The van der Waals surface area contributed by atoms with Gasteiger partial charge < -0.3 is 41.8 Å². The van der Waals surface area contributed by atoms with Gasteiger partial charge in [0, 0.05) is 12.6 Å². The third-order valence-electron chi connectivity index (χ3n) is 3.11. The van der Waals surface area contributed by atoms with E-state index >= 15 is 0 Å². The fourth-order valence-electron chi connectivity index (χ4n) is 1.82. The highest BCUT2D eigenvalue weighted by Crippen LogP contribution is 2.23. The minimum absolute atomic E-state index is 0.0742. The van der Waals surface area contributed by atoms with Crippen molar-refractivity contribution in [2.75, 3.05) is 26.8 Å². The van der Waals surface area contributed by atoms with Crippen molar-refractivity contribution in [3.63, 3.8) is 0 Å². The van der Waals surface area contributed by atoms with Gasteiger partial charge in [-0.3, -0.25) is 9.79 Å². The third-order valence-corrected chi connectivity index (χ3v) is 3.11. The predicted octanol–water partition coefficient (Wildman–Crippen LogP) is -1.42. The second-order valence-corrected chi connectivity index (χ2v) is 5.07. The topological polar surface area (TPSA) is 199 Å². The van der Waals surface area contributed by atoms with Crippen LogP contribution >= 0.6 is 0 Å². The van der Waals surface area contributed by atoms with E-state index in [1.165, 1.54) is 18.2 Å². The van der Waals surface area contributed by atoms with Crippen LogP contribution in [-0.4, -0.2) is 67.0 Å². The maximum Gasteiger partial charge on any atom is 0.407 e. The first-order chi connectivity index (χ1) is 12.7. The van der Waals surface area contributed by atoms with Crippen molar-refractivity contribution in [2.24, 2.45) is 16.5 Å². The van der Waals surface area contributed by atoms with Crippen LogP contribution in [0.3, 0.4) is 0 Å². The number of ether oxygens (including phenoxy) is 2. The summed E-state index contributed by atoms with van der Waals surface area (Å²) in [5.41, 5.74) is 10.2. The largest absolute Gasteiger partial charge is 0.507 e. The molecule has 1 aromatic rings. The zero-order chi connectivity index (χ0) is 20.4. The third kappa shape index (κ3) is 7.37. The number of aliphatic imine (C=N–C) groups is 1. The molecule has 0 aromatic heterocycles. The van der Waals surface area contributed by atoms with Gasteiger partial charge in [0.25, 0.3) is 5.91 Å². The maximum absolute atomic E-state index is 12.1. The van der Waals surface area contributed by atoms with Crippen LogP contribution in [-0.2, 0) is 9.53 Å². The molecule has 0 aliphatic rings. The van der Waals surface area contributed by atoms with Crippen LogP contribution in [0.5, 0.6) is 11.5 Å². The molecule has 0 aliphatic heterocycles. The van der Waals surface area contributed by atoms with Gasteiger partial charge in [-0.2, -0.15) is 0 Å². The van der Waals surface area contributed by atoms with Crippen molar-refractivity contribution in [1.82, 2.24) is 10.6 Å². The number of methoxy groups -OCH3 is 1. The fraction of sp³-hybridized carbons (Fsp3) is 0.333. The van der Waals surface area contributed by atoms with Crippen molar-refractivity contribution in [3.8, 4) is 11.5 Å². The number of amides is 2. The molecule has 0 aliphatic carbocycles. The number of aromatic hydroxyl groups is 1. The molecular formula is C15H21N5O7. The number of guanidine groups is 1. The normalized spacial score (nSPS) is 11.0. The number of carboxylic acid groups (broad SMARTS) is 1. The number of rotatable bonds is 9. The molecule has 148 valence electrons. The number of nitrogens with zero attached hydrogens (tertiary/aromatic N) is 1. The maximum atomic E-state index is 12.1. The highest BCUT2D eigenvalue weighted by Gasteiger charge is 2.22. The zero-order valence-corrected chi connectivity index (χ0v) is 14.5. The molecule has 2 amide bonds. The average molecular weight is 383 g/mol. The highest BCUT2D eigenvalue weighted by atomic mass is 16.5. The minimum atomic E-state index is -1.40. The van der Waals surface area contributed by atoms with Gasteiger partial charge in [0.1, 0.15) is 24.1 Å². The van der Waals surface area contributed by atoms with Crippen molar-refractivity contribution in [2.45, 2.75) is 6.04 Å². The molecule has 27 heavy (non-hydrogen) atoms. The van der Waals surface area contributed by atoms with E-state index in [1.54, 1.807) is 0 Å². The monoisotopic (exact) mass is 383 g/mol. The van der Waals surface area contributed by atoms with E-state index in [0.717, 1.165) is 7.11 Å². The Morgan fingerprint density at radius 3 is 2.56 bits per heavy atom. The molecule has 0 unspecified atom stereocenters. The summed E-state index contributed by atoms with van der Waals surface area (Å²) in [6.45, 7) is -0.0447. The fourth-order valence-corrected chi connectivity index (χ4v) is 1.82. The summed E-state index contributed by atoms with van der Waals surface area (Å²) in [6.07, 6.45) is -0.957. The number of nitrogens with one attached hydrogen (secondary N) is 2.